The topological polar surface area (TPSA) is 12.9 Å². The average Bonchev–Trinajstić information content (AvgIpc) is 2.51. The summed E-state index contributed by atoms with van der Waals surface area (Å²) in [5.41, 5.74) is 2.46. The van der Waals surface area contributed by atoms with E-state index in [0.29, 0.717) is 11.4 Å². The Labute approximate surface area is 150 Å². The van der Waals surface area contributed by atoms with E-state index in [4.69, 9.17) is 11.6 Å². The lowest BCUT2D eigenvalue weighted by Crippen LogP contribution is -2.05. The summed E-state index contributed by atoms with van der Waals surface area (Å²) in [6.07, 6.45) is -3.91. The summed E-state index contributed by atoms with van der Waals surface area (Å²) in [6, 6.07) is 10.8. The van der Waals surface area contributed by atoms with E-state index in [-0.39, 0.29) is 0 Å². The molecule has 0 aliphatic heterocycles. The molecule has 0 radical (unpaired) electrons. The van der Waals surface area contributed by atoms with Gasteiger partial charge in [0.1, 0.15) is 0 Å². The zero-order chi connectivity index (χ0) is 17.5. The number of benzene rings is 2. The van der Waals surface area contributed by atoms with Gasteiger partial charge in [-0.25, -0.2) is 0 Å². The van der Waals surface area contributed by atoms with Crippen LogP contribution in [0.1, 0.15) is 22.4 Å². The fourth-order valence-electron chi connectivity index (χ4n) is 2.60. The van der Waals surface area contributed by atoms with Gasteiger partial charge in [-0.05, 0) is 42.3 Å². The highest BCUT2D eigenvalue weighted by atomic mass is 79.9. The average molecular weight is 415 g/mol. The van der Waals surface area contributed by atoms with Crippen LogP contribution in [0.2, 0.25) is 5.02 Å². The Balaban J connectivity index is 2.03. The first kappa shape index (κ1) is 17.2. The van der Waals surface area contributed by atoms with Crippen molar-refractivity contribution in [3.05, 3.63) is 74.3 Å². The van der Waals surface area contributed by atoms with E-state index in [1.54, 1.807) is 0 Å². The van der Waals surface area contributed by atoms with Crippen LogP contribution in [0.25, 0.3) is 10.9 Å². The van der Waals surface area contributed by atoms with Crippen LogP contribution < -0.4 is 0 Å². The molecule has 0 aliphatic carbocycles. The molecule has 1 nitrogen and oxygen atoms in total. The van der Waals surface area contributed by atoms with E-state index in [0.717, 1.165) is 44.3 Å². The number of nitrogens with zero attached hydrogens (tertiary/aromatic N) is 1. The number of rotatable bonds is 2. The number of fused-ring (bicyclic) bond motifs is 1. The van der Waals surface area contributed by atoms with Crippen LogP contribution in [0.5, 0.6) is 0 Å². The third-order valence-corrected chi connectivity index (χ3v) is 4.94. The van der Waals surface area contributed by atoms with Crippen molar-refractivity contribution >= 4 is 38.4 Å². The summed E-state index contributed by atoms with van der Waals surface area (Å²) < 4.78 is 38.8. The second kappa shape index (κ2) is 6.37. The third-order valence-electron chi connectivity index (χ3n) is 3.86. The molecule has 24 heavy (non-hydrogen) atoms. The number of halogens is 5. The maximum atomic E-state index is 12.7. The fraction of sp³-hybridized carbons (Fsp3) is 0.167. The minimum atomic E-state index is -4.33. The summed E-state index contributed by atoms with van der Waals surface area (Å²) in [6.45, 7) is 1.85. The van der Waals surface area contributed by atoms with Gasteiger partial charge in [-0.3, -0.25) is 4.98 Å². The quantitative estimate of drug-likeness (QED) is 0.462. The van der Waals surface area contributed by atoms with Crippen LogP contribution in [0, 0.1) is 6.92 Å². The van der Waals surface area contributed by atoms with Crippen molar-refractivity contribution in [1.82, 2.24) is 4.98 Å². The molecule has 3 aromatic rings. The lowest BCUT2D eigenvalue weighted by atomic mass is 10.0. The van der Waals surface area contributed by atoms with E-state index in [2.05, 4.69) is 20.9 Å². The van der Waals surface area contributed by atoms with Crippen LogP contribution >= 0.6 is 27.5 Å². The Morgan fingerprint density at radius 2 is 1.75 bits per heavy atom. The van der Waals surface area contributed by atoms with Gasteiger partial charge >= 0.3 is 6.18 Å². The fourth-order valence-corrected chi connectivity index (χ4v) is 3.67. The summed E-state index contributed by atoms with van der Waals surface area (Å²) >= 11 is 10.0. The van der Waals surface area contributed by atoms with Crippen LogP contribution in [0.3, 0.4) is 0 Å². The first-order valence-corrected chi connectivity index (χ1v) is 8.34. The van der Waals surface area contributed by atoms with Crippen molar-refractivity contribution in [2.45, 2.75) is 19.5 Å². The molecule has 0 saturated heterocycles. The Bertz CT molecular complexity index is 905. The smallest absolute Gasteiger partial charge is 0.253 e. The van der Waals surface area contributed by atoms with Crippen LogP contribution in [-0.2, 0) is 12.6 Å². The Kier molecular flexibility index (Phi) is 4.58. The van der Waals surface area contributed by atoms with E-state index >= 15 is 0 Å². The number of hydrogen-bond acceptors (Lipinski definition) is 1. The van der Waals surface area contributed by atoms with Crippen molar-refractivity contribution in [3.63, 3.8) is 0 Å². The van der Waals surface area contributed by atoms with Gasteiger partial charge in [-0.2, -0.15) is 13.2 Å². The maximum absolute atomic E-state index is 12.7. The molecule has 0 amide bonds. The van der Waals surface area contributed by atoms with Crippen molar-refractivity contribution < 1.29 is 13.2 Å². The second-order valence-corrected chi connectivity index (χ2v) is 6.73. The number of alkyl halides is 3. The minimum absolute atomic E-state index is 0.424. The van der Waals surface area contributed by atoms with Gasteiger partial charge in [-0.1, -0.05) is 45.7 Å². The molecule has 0 unspecified atom stereocenters. The van der Waals surface area contributed by atoms with Crippen LogP contribution in [-0.4, -0.2) is 4.98 Å². The predicted octanol–water partition coefficient (Wildman–Crippen LogP) is 6.57. The third kappa shape index (κ3) is 3.28. The zero-order valence-electron chi connectivity index (χ0n) is 12.6. The highest BCUT2D eigenvalue weighted by Gasteiger charge is 2.30. The van der Waals surface area contributed by atoms with Crippen molar-refractivity contribution in [3.8, 4) is 0 Å². The van der Waals surface area contributed by atoms with Crippen LogP contribution in [0.4, 0.5) is 13.2 Å². The molecular formula is C18H12BrClF3N. The van der Waals surface area contributed by atoms with E-state index in [9.17, 15) is 13.2 Å². The van der Waals surface area contributed by atoms with Crippen molar-refractivity contribution in [2.75, 3.05) is 0 Å². The standard InChI is InChI=1S/C18H12BrClF3N/c1-10-13(9-11-5-7-12(8-6-11)18(21,22)23)17(20)16-14(19)3-2-4-15(16)24-10/h2-8H,9H2,1H3. The normalized spacial score (nSPS) is 11.9. The Morgan fingerprint density at radius 3 is 2.38 bits per heavy atom. The van der Waals surface area contributed by atoms with Gasteiger partial charge in [0.05, 0.1) is 16.1 Å². The molecule has 0 spiro atoms. The van der Waals surface area contributed by atoms with Gasteiger partial charge in [-0.15, -0.1) is 0 Å². The predicted molar refractivity (Wildman–Crippen MR) is 93.4 cm³/mol. The minimum Gasteiger partial charge on any atom is -0.253 e. The van der Waals surface area contributed by atoms with Gasteiger partial charge in [0.15, 0.2) is 0 Å². The first-order valence-electron chi connectivity index (χ1n) is 7.16. The van der Waals surface area contributed by atoms with Gasteiger partial charge < -0.3 is 0 Å². The molecule has 0 N–H and O–H groups in total. The molecule has 2 aromatic carbocycles. The van der Waals surface area contributed by atoms with Crippen LogP contribution in [0.15, 0.2) is 46.9 Å². The Hall–Kier alpha value is -1.59. The largest absolute Gasteiger partial charge is 0.416 e. The number of hydrogen-bond donors (Lipinski definition) is 0. The van der Waals surface area contributed by atoms with Crippen molar-refractivity contribution in [2.24, 2.45) is 0 Å². The number of aryl methyl sites for hydroxylation is 1. The Morgan fingerprint density at radius 1 is 1.08 bits per heavy atom. The summed E-state index contributed by atoms with van der Waals surface area (Å²) in [5, 5.41) is 1.39. The second-order valence-electron chi connectivity index (χ2n) is 5.50. The summed E-state index contributed by atoms with van der Waals surface area (Å²) in [5.74, 6) is 0. The molecule has 0 fully saturated rings. The molecule has 1 heterocycles. The number of aromatic nitrogens is 1. The molecule has 0 atom stereocenters. The molecule has 0 bridgehead atoms. The number of pyridine rings is 1. The summed E-state index contributed by atoms with van der Waals surface area (Å²) in [7, 11) is 0. The zero-order valence-corrected chi connectivity index (χ0v) is 14.9. The van der Waals surface area contributed by atoms with Gasteiger partial charge in [0, 0.05) is 22.0 Å². The molecule has 124 valence electrons. The highest BCUT2D eigenvalue weighted by Crippen LogP contribution is 2.35. The highest BCUT2D eigenvalue weighted by molar-refractivity contribution is 9.10. The molecule has 6 heteroatoms. The van der Waals surface area contributed by atoms with Gasteiger partial charge in [0.2, 0.25) is 0 Å². The van der Waals surface area contributed by atoms with Gasteiger partial charge in [0.25, 0.3) is 0 Å². The monoisotopic (exact) mass is 413 g/mol. The van der Waals surface area contributed by atoms with E-state index < -0.39 is 11.7 Å². The lowest BCUT2D eigenvalue weighted by molar-refractivity contribution is -0.137. The summed E-state index contributed by atoms with van der Waals surface area (Å²) in [4.78, 5) is 4.56. The molecular weight excluding hydrogens is 403 g/mol. The molecule has 0 aliphatic rings. The molecule has 1 aromatic heterocycles. The lowest BCUT2D eigenvalue weighted by Gasteiger charge is -2.13. The maximum Gasteiger partial charge on any atom is 0.416 e. The molecule has 3 rings (SSSR count). The SMILES string of the molecule is Cc1nc2cccc(Br)c2c(Cl)c1Cc1ccc(C(F)(F)F)cc1. The van der Waals surface area contributed by atoms with E-state index in [1.165, 1.54) is 12.1 Å². The van der Waals surface area contributed by atoms with E-state index in [1.807, 2.05) is 25.1 Å². The molecule has 0 saturated carbocycles. The first-order chi connectivity index (χ1) is 11.3. The van der Waals surface area contributed by atoms with Crippen molar-refractivity contribution in [1.29, 1.82) is 0 Å².